The van der Waals surface area contributed by atoms with Gasteiger partial charge in [0, 0.05) is 0 Å². The first-order valence-electron chi connectivity index (χ1n) is 2.85. The van der Waals surface area contributed by atoms with Gasteiger partial charge >= 0.3 is 0 Å². The van der Waals surface area contributed by atoms with E-state index in [1.807, 2.05) is 0 Å². The largest absolute Gasteiger partial charge is 0.328 e. The zero-order valence-electron chi connectivity index (χ0n) is 6.11. The molecule has 0 amide bonds. The van der Waals surface area contributed by atoms with Gasteiger partial charge in [0.2, 0.25) is 0 Å². The van der Waals surface area contributed by atoms with Crippen LogP contribution in [0.4, 0.5) is 0 Å². The van der Waals surface area contributed by atoms with E-state index in [0.29, 0.717) is 6.04 Å². The quantitative estimate of drug-likeness (QED) is 0.397. The molecule has 0 saturated carbocycles. The van der Waals surface area contributed by atoms with Crippen LogP contribution in [-0.2, 0) is 0 Å². The summed E-state index contributed by atoms with van der Waals surface area (Å²) in [5.41, 5.74) is 0. The van der Waals surface area contributed by atoms with Crippen LogP contribution in [0, 0.1) is 0 Å². The van der Waals surface area contributed by atoms with Gasteiger partial charge in [0.25, 0.3) is 0 Å². The van der Waals surface area contributed by atoms with Crippen molar-refractivity contribution >= 4 is 11.6 Å². The van der Waals surface area contributed by atoms with Crippen molar-refractivity contribution in [1.29, 1.82) is 0 Å². The summed E-state index contributed by atoms with van der Waals surface area (Å²) in [6.45, 7) is 2.15. The molecule has 0 aliphatic heterocycles. The molecule has 0 aromatic carbocycles. The van der Waals surface area contributed by atoms with Crippen molar-refractivity contribution in [2.75, 3.05) is 27.0 Å². The molecular weight excluding hydrogens is 122 g/mol. The van der Waals surface area contributed by atoms with E-state index in [0.717, 1.165) is 10.4 Å². The second-order valence-electron chi connectivity index (χ2n) is 3.12. The lowest BCUT2D eigenvalue weighted by Gasteiger charge is -2.29. The second kappa shape index (κ2) is 2.70. The van der Waals surface area contributed by atoms with E-state index in [1.54, 1.807) is 0 Å². The third-order valence-electron chi connectivity index (χ3n) is 1.55. The highest BCUT2D eigenvalue weighted by atomic mass is 35.5. The van der Waals surface area contributed by atoms with Crippen LogP contribution in [0.5, 0.6) is 0 Å². The zero-order valence-corrected chi connectivity index (χ0v) is 6.87. The highest BCUT2D eigenvalue weighted by Crippen LogP contribution is 2.02. The van der Waals surface area contributed by atoms with E-state index >= 15 is 0 Å². The summed E-state index contributed by atoms with van der Waals surface area (Å²) >= 11 is 5.62. The smallest absolute Gasteiger partial charge is 0.0992 e. The molecule has 0 bridgehead atoms. The molecule has 1 unspecified atom stereocenters. The van der Waals surface area contributed by atoms with E-state index in [4.69, 9.17) is 11.6 Å². The van der Waals surface area contributed by atoms with Gasteiger partial charge in [0.05, 0.1) is 33.1 Å². The maximum atomic E-state index is 5.62. The van der Waals surface area contributed by atoms with Crippen LogP contribution in [-0.4, -0.2) is 37.5 Å². The average Bonchev–Trinajstić information content (AvgIpc) is 1.62. The number of rotatable bonds is 2. The van der Waals surface area contributed by atoms with Crippen molar-refractivity contribution in [2.24, 2.45) is 0 Å². The van der Waals surface area contributed by atoms with Crippen LogP contribution in [0.15, 0.2) is 0 Å². The second-order valence-corrected chi connectivity index (χ2v) is 3.43. The van der Waals surface area contributed by atoms with Gasteiger partial charge in [-0.3, -0.25) is 0 Å². The Kier molecular flexibility index (Phi) is 2.78. The molecule has 0 saturated heterocycles. The Morgan fingerprint density at radius 2 is 1.75 bits per heavy atom. The van der Waals surface area contributed by atoms with Crippen molar-refractivity contribution in [3.63, 3.8) is 0 Å². The molecule has 1 nitrogen and oxygen atoms in total. The van der Waals surface area contributed by atoms with Crippen LogP contribution >= 0.6 is 11.6 Å². The van der Waals surface area contributed by atoms with Gasteiger partial charge in [-0.05, 0) is 6.92 Å². The SMILES string of the molecule is CC(CCl)[N+](C)(C)C. The topological polar surface area (TPSA) is 0 Å². The predicted octanol–water partition coefficient (Wildman–Crippen LogP) is 1.32. The Morgan fingerprint density at radius 3 is 1.75 bits per heavy atom. The summed E-state index contributed by atoms with van der Waals surface area (Å²) in [6, 6.07) is 0.552. The number of hydrogen-bond acceptors (Lipinski definition) is 0. The molecule has 0 heterocycles. The van der Waals surface area contributed by atoms with Crippen molar-refractivity contribution in [2.45, 2.75) is 13.0 Å². The van der Waals surface area contributed by atoms with Crippen LogP contribution in [0.1, 0.15) is 6.92 Å². The fourth-order valence-corrected chi connectivity index (χ4v) is 0.621. The maximum absolute atomic E-state index is 5.62. The number of halogens is 1. The first kappa shape index (κ1) is 8.25. The minimum absolute atomic E-state index is 0.552. The highest BCUT2D eigenvalue weighted by molar-refractivity contribution is 6.18. The van der Waals surface area contributed by atoms with Crippen LogP contribution < -0.4 is 0 Å². The monoisotopic (exact) mass is 136 g/mol. The first-order valence-corrected chi connectivity index (χ1v) is 3.39. The Bertz CT molecular complexity index is 65.4. The molecule has 0 aromatic heterocycles. The van der Waals surface area contributed by atoms with Gasteiger partial charge in [-0.1, -0.05) is 0 Å². The van der Waals surface area contributed by atoms with Crippen LogP contribution in [0.25, 0.3) is 0 Å². The Balaban J connectivity index is 3.62. The molecule has 0 rings (SSSR count). The summed E-state index contributed by atoms with van der Waals surface area (Å²) in [5.74, 6) is 0.740. The van der Waals surface area contributed by atoms with Crippen molar-refractivity contribution in [3.05, 3.63) is 0 Å². The summed E-state index contributed by atoms with van der Waals surface area (Å²) < 4.78 is 0.948. The van der Waals surface area contributed by atoms with E-state index in [9.17, 15) is 0 Å². The first-order chi connectivity index (χ1) is 3.48. The van der Waals surface area contributed by atoms with Crippen LogP contribution in [0.3, 0.4) is 0 Å². The standard InChI is InChI=1S/C6H15ClN/c1-6(5-7)8(2,3)4/h6H,5H2,1-4H3/q+1. The third kappa shape index (κ3) is 2.53. The molecule has 50 valence electrons. The number of alkyl halides is 1. The lowest BCUT2D eigenvalue weighted by Crippen LogP contribution is -2.44. The Morgan fingerprint density at radius 1 is 1.38 bits per heavy atom. The minimum Gasteiger partial charge on any atom is -0.328 e. The Hall–Kier alpha value is 0.250. The fourth-order valence-electron chi connectivity index (χ4n) is 0.207. The van der Waals surface area contributed by atoms with Crippen molar-refractivity contribution < 1.29 is 4.48 Å². The molecule has 1 atom stereocenters. The molecule has 0 aromatic rings. The van der Waals surface area contributed by atoms with Gasteiger partial charge in [-0.2, -0.15) is 0 Å². The van der Waals surface area contributed by atoms with Gasteiger partial charge in [0.1, 0.15) is 0 Å². The average molecular weight is 137 g/mol. The lowest BCUT2D eigenvalue weighted by atomic mass is 10.3. The zero-order chi connectivity index (χ0) is 6.78. The molecule has 0 aliphatic carbocycles. The van der Waals surface area contributed by atoms with E-state index in [1.165, 1.54) is 0 Å². The number of quaternary nitrogens is 1. The molecule has 8 heavy (non-hydrogen) atoms. The third-order valence-corrected chi connectivity index (χ3v) is 1.99. The Labute approximate surface area is 56.8 Å². The maximum Gasteiger partial charge on any atom is 0.0992 e. The highest BCUT2D eigenvalue weighted by Gasteiger charge is 2.15. The molecule has 0 N–H and O–H groups in total. The number of hydrogen-bond donors (Lipinski definition) is 0. The molecule has 0 radical (unpaired) electrons. The molecule has 0 spiro atoms. The van der Waals surface area contributed by atoms with Gasteiger partial charge < -0.3 is 4.48 Å². The molecular formula is C6H15ClN+. The van der Waals surface area contributed by atoms with E-state index < -0.39 is 0 Å². The summed E-state index contributed by atoms with van der Waals surface area (Å²) in [6.07, 6.45) is 0. The molecule has 2 heteroatoms. The number of nitrogens with zero attached hydrogens (tertiary/aromatic N) is 1. The normalized spacial score (nSPS) is 16.1. The van der Waals surface area contributed by atoms with E-state index in [-0.39, 0.29) is 0 Å². The molecule has 0 aliphatic rings. The summed E-state index contributed by atoms with van der Waals surface area (Å²) in [7, 11) is 6.44. The summed E-state index contributed by atoms with van der Waals surface area (Å²) in [5, 5.41) is 0. The lowest BCUT2D eigenvalue weighted by molar-refractivity contribution is -0.891. The summed E-state index contributed by atoms with van der Waals surface area (Å²) in [4.78, 5) is 0. The van der Waals surface area contributed by atoms with Gasteiger partial charge in [0.15, 0.2) is 0 Å². The van der Waals surface area contributed by atoms with E-state index in [2.05, 4.69) is 28.1 Å². The van der Waals surface area contributed by atoms with Crippen LogP contribution in [0.2, 0.25) is 0 Å². The predicted molar refractivity (Wildman–Crippen MR) is 38.2 cm³/mol. The van der Waals surface area contributed by atoms with Gasteiger partial charge in [-0.15, -0.1) is 11.6 Å². The van der Waals surface area contributed by atoms with Crippen molar-refractivity contribution in [1.82, 2.24) is 0 Å². The fraction of sp³-hybridized carbons (Fsp3) is 1.00. The van der Waals surface area contributed by atoms with Crippen molar-refractivity contribution in [3.8, 4) is 0 Å². The minimum atomic E-state index is 0.552. The molecule has 0 fully saturated rings. The van der Waals surface area contributed by atoms with Gasteiger partial charge in [-0.25, -0.2) is 0 Å².